The third kappa shape index (κ3) is 5.73. The average molecular weight is 298 g/mol. The normalized spacial score (nSPS) is 22.8. The fourth-order valence-electron chi connectivity index (χ4n) is 2.57. The number of carbonyl (C=O) groups is 3. The van der Waals surface area contributed by atoms with Crippen LogP contribution in [0.15, 0.2) is 0 Å². The number of amides is 2. The molecule has 1 saturated heterocycles. The minimum Gasteiger partial charge on any atom is -0.481 e. The Morgan fingerprint density at radius 3 is 2.38 bits per heavy atom. The van der Waals surface area contributed by atoms with Crippen molar-refractivity contribution in [1.29, 1.82) is 0 Å². The fourth-order valence-corrected chi connectivity index (χ4v) is 2.57. The largest absolute Gasteiger partial charge is 0.481 e. The van der Waals surface area contributed by atoms with E-state index in [1.165, 1.54) is 0 Å². The Morgan fingerprint density at radius 1 is 1.29 bits per heavy atom. The predicted octanol–water partition coefficient (Wildman–Crippen LogP) is 1.11. The van der Waals surface area contributed by atoms with Gasteiger partial charge in [-0.15, -0.1) is 0 Å². The maximum Gasteiger partial charge on any atom is 0.306 e. The molecule has 0 radical (unpaired) electrons. The highest BCUT2D eigenvalue weighted by atomic mass is 16.4. The van der Waals surface area contributed by atoms with Gasteiger partial charge in [0.05, 0.1) is 12.5 Å². The molecule has 0 aromatic carbocycles. The summed E-state index contributed by atoms with van der Waals surface area (Å²) in [5, 5.41) is 11.7. The molecule has 0 saturated carbocycles. The third-order valence-electron chi connectivity index (χ3n) is 3.70. The molecule has 2 N–H and O–H groups in total. The van der Waals surface area contributed by atoms with E-state index in [0.29, 0.717) is 25.9 Å². The molecule has 0 aliphatic carbocycles. The maximum atomic E-state index is 12.1. The van der Waals surface area contributed by atoms with Gasteiger partial charge in [0, 0.05) is 19.5 Å². The number of carbonyl (C=O) groups excluding carboxylic acids is 2. The lowest BCUT2D eigenvalue weighted by Crippen LogP contribution is -2.48. The van der Waals surface area contributed by atoms with E-state index in [1.807, 2.05) is 27.7 Å². The number of aliphatic carboxylic acids is 1. The highest BCUT2D eigenvalue weighted by Crippen LogP contribution is 2.23. The van der Waals surface area contributed by atoms with Gasteiger partial charge in [-0.2, -0.15) is 0 Å². The molecule has 6 nitrogen and oxygen atoms in total. The van der Waals surface area contributed by atoms with E-state index in [-0.39, 0.29) is 35.6 Å². The highest BCUT2D eigenvalue weighted by Gasteiger charge is 2.32. The molecule has 0 aromatic rings. The SMILES string of the molecule is CC1CN(C(=O)CNC(=O)CC(C)(C)C)CCC1C(=O)O. The van der Waals surface area contributed by atoms with Gasteiger partial charge in [-0.3, -0.25) is 14.4 Å². The van der Waals surface area contributed by atoms with Crippen LogP contribution in [0.1, 0.15) is 40.5 Å². The van der Waals surface area contributed by atoms with Gasteiger partial charge in [0.1, 0.15) is 0 Å². The van der Waals surface area contributed by atoms with E-state index in [2.05, 4.69) is 5.32 Å². The minimum absolute atomic E-state index is 0.0145. The summed E-state index contributed by atoms with van der Waals surface area (Å²) in [6, 6.07) is 0. The first-order valence-corrected chi connectivity index (χ1v) is 7.37. The number of rotatable bonds is 4. The van der Waals surface area contributed by atoms with Crippen molar-refractivity contribution in [1.82, 2.24) is 10.2 Å². The Morgan fingerprint density at radius 2 is 1.90 bits per heavy atom. The monoisotopic (exact) mass is 298 g/mol. The van der Waals surface area contributed by atoms with Crippen LogP contribution in [0.4, 0.5) is 0 Å². The molecule has 1 fully saturated rings. The molecule has 1 aliphatic rings. The molecule has 2 atom stereocenters. The van der Waals surface area contributed by atoms with Gasteiger partial charge < -0.3 is 15.3 Å². The zero-order chi connectivity index (χ0) is 16.2. The van der Waals surface area contributed by atoms with Crippen molar-refractivity contribution in [2.24, 2.45) is 17.3 Å². The standard InChI is InChI=1S/C15H26N2O4/c1-10-9-17(6-5-11(10)14(20)21)13(19)8-16-12(18)7-15(2,3)4/h10-11H,5-9H2,1-4H3,(H,16,18)(H,20,21). The van der Waals surface area contributed by atoms with E-state index in [0.717, 1.165) is 0 Å². The summed E-state index contributed by atoms with van der Waals surface area (Å²) >= 11 is 0. The first kappa shape index (κ1) is 17.5. The van der Waals surface area contributed by atoms with Crippen LogP contribution in [0.25, 0.3) is 0 Å². The number of carboxylic acids is 1. The van der Waals surface area contributed by atoms with Crippen molar-refractivity contribution in [3.8, 4) is 0 Å². The van der Waals surface area contributed by atoms with Gasteiger partial charge in [-0.25, -0.2) is 0 Å². The number of likely N-dealkylation sites (tertiary alicyclic amines) is 1. The van der Waals surface area contributed by atoms with Crippen molar-refractivity contribution in [2.45, 2.75) is 40.5 Å². The summed E-state index contributed by atoms with van der Waals surface area (Å²) in [5.41, 5.74) is -0.110. The number of hydrogen-bond donors (Lipinski definition) is 2. The second kappa shape index (κ2) is 6.91. The minimum atomic E-state index is -0.798. The second-order valence-corrected chi connectivity index (χ2v) is 7.06. The average Bonchev–Trinajstić information content (AvgIpc) is 2.33. The van der Waals surface area contributed by atoms with E-state index < -0.39 is 5.97 Å². The molecular formula is C15H26N2O4. The zero-order valence-electron chi connectivity index (χ0n) is 13.3. The topological polar surface area (TPSA) is 86.7 Å². The Balaban J connectivity index is 2.40. The molecular weight excluding hydrogens is 272 g/mol. The van der Waals surface area contributed by atoms with E-state index in [4.69, 9.17) is 5.11 Å². The number of nitrogens with zero attached hydrogens (tertiary/aromatic N) is 1. The number of piperidine rings is 1. The number of hydrogen-bond acceptors (Lipinski definition) is 3. The summed E-state index contributed by atoms with van der Waals surface area (Å²) < 4.78 is 0. The quantitative estimate of drug-likeness (QED) is 0.814. The third-order valence-corrected chi connectivity index (χ3v) is 3.70. The molecule has 1 rings (SSSR count). The van der Waals surface area contributed by atoms with Gasteiger partial charge in [-0.05, 0) is 17.8 Å². The van der Waals surface area contributed by atoms with Crippen LogP contribution in [0.3, 0.4) is 0 Å². The second-order valence-electron chi connectivity index (χ2n) is 7.06. The summed E-state index contributed by atoms with van der Waals surface area (Å²) in [6.07, 6.45) is 0.843. The smallest absolute Gasteiger partial charge is 0.306 e. The predicted molar refractivity (Wildman–Crippen MR) is 78.6 cm³/mol. The molecule has 120 valence electrons. The maximum absolute atomic E-state index is 12.1. The lowest BCUT2D eigenvalue weighted by molar-refractivity contribution is -0.148. The lowest BCUT2D eigenvalue weighted by Gasteiger charge is -2.35. The van der Waals surface area contributed by atoms with Gasteiger partial charge >= 0.3 is 5.97 Å². The van der Waals surface area contributed by atoms with Crippen LogP contribution >= 0.6 is 0 Å². The number of nitrogens with one attached hydrogen (secondary N) is 1. The van der Waals surface area contributed by atoms with Gasteiger partial charge in [0.25, 0.3) is 0 Å². The molecule has 0 spiro atoms. The Labute approximate surface area is 125 Å². The molecule has 0 bridgehead atoms. The van der Waals surface area contributed by atoms with Crippen LogP contribution in [0.2, 0.25) is 0 Å². The van der Waals surface area contributed by atoms with E-state index >= 15 is 0 Å². The Hall–Kier alpha value is -1.59. The van der Waals surface area contributed by atoms with Gasteiger partial charge in [-0.1, -0.05) is 27.7 Å². The molecule has 0 aromatic heterocycles. The van der Waals surface area contributed by atoms with Crippen LogP contribution in [-0.4, -0.2) is 47.4 Å². The van der Waals surface area contributed by atoms with Crippen molar-refractivity contribution in [2.75, 3.05) is 19.6 Å². The van der Waals surface area contributed by atoms with Crippen molar-refractivity contribution in [3.05, 3.63) is 0 Å². The van der Waals surface area contributed by atoms with E-state index in [1.54, 1.807) is 4.90 Å². The first-order valence-electron chi connectivity index (χ1n) is 7.37. The van der Waals surface area contributed by atoms with Gasteiger partial charge in [0.15, 0.2) is 0 Å². The van der Waals surface area contributed by atoms with Gasteiger partial charge in [0.2, 0.25) is 11.8 Å². The summed E-state index contributed by atoms with van der Waals surface area (Å²) in [6.45, 7) is 8.60. The summed E-state index contributed by atoms with van der Waals surface area (Å²) in [4.78, 5) is 36.4. The van der Waals surface area contributed by atoms with Crippen molar-refractivity contribution in [3.63, 3.8) is 0 Å². The lowest BCUT2D eigenvalue weighted by atomic mass is 9.87. The van der Waals surface area contributed by atoms with Crippen molar-refractivity contribution < 1.29 is 19.5 Å². The first-order chi connectivity index (χ1) is 9.60. The van der Waals surface area contributed by atoms with Crippen LogP contribution in [-0.2, 0) is 14.4 Å². The fraction of sp³-hybridized carbons (Fsp3) is 0.800. The summed E-state index contributed by atoms with van der Waals surface area (Å²) in [5.74, 6) is -1.53. The molecule has 6 heteroatoms. The highest BCUT2D eigenvalue weighted by molar-refractivity contribution is 5.85. The Kier molecular flexibility index (Phi) is 5.75. The van der Waals surface area contributed by atoms with Crippen LogP contribution in [0, 0.1) is 17.3 Å². The van der Waals surface area contributed by atoms with Crippen LogP contribution < -0.4 is 5.32 Å². The molecule has 1 aliphatic heterocycles. The van der Waals surface area contributed by atoms with Crippen LogP contribution in [0.5, 0.6) is 0 Å². The zero-order valence-corrected chi connectivity index (χ0v) is 13.3. The van der Waals surface area contributed by atoms with Crippen molar-refractivity contribution >= 4 is 17.8 Å². The number of carboxylic acid groups (broad SMARTS) is 1. The Bertz CT molecular complexity index is 414. The summed E-state index contributed by atoms with van der Waals surface area (Å²) in [7, 11) is 0. The molecule has 2 unspecified atom stereocenters. The molecule has 2 amide bonds. The van der Waals surface area contributed by atoms with E-state index in [9.17, 15) is 14.4 Å². The molecule has 21 heavy (non-hydrogen) atoms. The molecule has 1 heterocycles.